The second kappa shape index (κ2) is 9.06. The zero-order valence-electron chi connectivity index (χ0n) is 21.7. The molecule has 0 saturated carbocycles. The second-order valence-corrected chi connectivity index (χ2v) is 9.37. The molecule has 0 radical (unpaired) electrons. The highest BCUT2D eigenvalue weighted by molar-refractivity contribution is 6.30. The molecule has 3 aromatic rings. The number of hydrogen-bond acceptors (Lipinski definition) is 4. The molecule has 5 nitrogen and oxygen atoms in total. The van der Waals surface area contributed by atoms with Crippen LogP contribution >= 0.6 is 0 Å². The maximum Gasteiger partial charge on any atom is 0.343 e. The van der Waals surface area contributed by atoms with Crippen molar-refractivity contribution < 1.29 is 14.3 Å². The van der Waals surface area contributed by atoms with Crippen LogP contribution in [-0.4, -0.2) is 23.4 Å². The van der Waals surface area contributed by atoms with Gasteiger partial charge in [0.15, 0.2) is 0 Å². The molecule has 0 unspecified atom stereocenters. The van der Waals surface area contributed by atoms with Gasteiger partial charge >= 0.3 is 5.97 Å². The average Bonchev–Trinajstić information content (AvgIpc) is 3.23. The average molecular weight is 469 g/mol. The van der Waals surface area contributed by atoms with Crippen molar-refractivity contribution in [2.75, 3.05) is 12.0 Å². The number of allylic oxidation sites excluding steroid dienone is 2. The Labute approximate surface area is 207 Å². The Morgan fingerprint density at radius 3 is 2.20 bits per heavy atom. The highest BCUT2D eigenvalue weighted by atomic mass is 16.5. The van der Waals surface area contributed by atoms with Crippen molar-refractivity contribution in [1.82, 2.24) is 4.57 Å². The molecular formula is C30H32N2O3. The van der Waals surface area contributed by atoms with Crippen molar-refractivity contribution in [3.63, 3.8) is 0 Å². The van der Waals surface area contributed by atoms with E-state index in [1.807, 2.05) is 36.1 Å². The highest BCUT2D eigenvalue weighted by Gasteiger charge is 2.38. The highest BCUT2D eigenvalue weighted by Crippen LogP contribution is 2.37. The van der Waals surface area contributed by atoms with E-state index in [1.54, 1.807) is 6.92 Å². The zero-order chi connectivity index (χ0) is 25.6. The number of carbonyl (C=O) groups excluding carboxylic acids is 2. The van der Waals surface area contributed by atoms with Gasteiger partial charge in [0.1, 0.15) is 5.57 Å². The number of Topliss-reactive ketones (excluding diaryl/α,β-unsaturated/α-hetero) is 1. The third-order valence-electron chi connectivity index (χ3n) is 6.90. The van der Waals surface area contributed by atoms with Crippen LogP contribution in [0.25, 0.3) is 11.8 Å². The molecule has 1 aliphatic heterocycles. The number of ether oxygens (including phenoxy) is 1. The number of ketones is 1. The molecule has 2 heterocycles. The Morgan fingerprint density at radius 2 is 1.54 bits per heavy atom. The van der Waals surface area contributed by atoms with Crippen molar-refractivity contribution in [2.45, 2.75) is 48.5 Å². The molecule has 35 heavy (non-hydrogen) atoms. The van der Waals surface area contributed by atoms with Crippen LogP contribution in [0.1, 0.15) is 46.1 Å². The lowest BCUT2D eigenvalue weighted by molar-refractivity contribution is -0.137. The Bertz CT molecular complexity index is 1440. The summed E-state index contributed by atoms with van der Waals surface area (Å²) in [5.41, 5.74) is 10.7. The second-order valence-electron chi connectivity index (χ2n) is 9.37. The smallest absolute Gasteiger partial charge is 0.343 e. The fourth-order valence-electron chi connectivity index (χ4n) is 4.77. The first-order chi connectivity index (χ1) is 16.5. The number of methoxy groups -OCH3 is 1. The molecular weight excluding hydrogens is 436 g/mol. The van der Waals surface area contributed by atoms with Gasteiger partial charge in [0, 0.05) is 28.5 Å². The van der Waals surface area contributed by atoms with Gasteiger partial charge in [-0.05, 0) is 107 Å². The van der Waals surface area contributed by atoms with E-state index in [4.69, 9.17) is 4.74 Å². The number of benzene rings is 2. The SMILES string of the molecule is COC(=O)C1=C(C)N(c2ccc(C)c(C)c2)C(=Cc2cc(C)n(-c3cc(C)ccc3C)c2C)C1=O. The van der Waals surface area contributed by atoms with Crippen LogP contribution in [0.5, 0.6) is 0 Å². The topological polar surface area (TPSA) is 51.5 Å². The van der Waals surface area contributed by atoms with Gasteiger partial charge in [-0.2, -0.15) is 0 Å². The molecule has 0 amide bonds. The number of carbonyl (C=O) groups is 2. The molecule has 0 spiro atoms. The Hall–Kier alpha value is -3.86. The summed E-state index contributed by atoms with van der Waals surface area (Å²) in [6.07, 6.45) is 1.89. The summed E-state index contributed by atoms with van der Waals surface area (Å²) in [6, 6.07) is 14.5. The summed E-state index contributed by atoms with van der Waals surface area (Å²) in [7, 11) is 1.30. The van der Waals surface area contributed by atoms with E-state index in [-0.39, 0.29) is 11.4 Å². The number of hydrogen-bond donors (Lipinski definition) is 0. The maximum atomic E-state index is 13.6. The molecule has 4 rings (SSSR count). The summed E-state index contributed by atoms with van der Waals surface area (Å²) in [5.74, 6) is -0.949. The van der Waals surface area contributed by atoms with Gasteiger partial charge in [-0.1, -0.05) is 18.2 Å². The van der Waals surface area contributed by atoms with Crippen molar-refractivity contribution >= 4 is 23.5 Å². The minimum Gasteiger partial charge on any atom is -0.465 e. The largest absolute Gasteiger partial charge is 0.465 e. The molecule has 0 N–H and O–H groups in total. The van der Waals surface area contributed by atoms with E-state index < -0.39 is 5.97 Å². The lowest BCUT2D eigenvalue weighted by atomic mass is 10.1. The van der Waals surface area contributed by atoms with Crippen LogP contribution in [0.2, 0.25) is 0 Å². The number of aromatic nitrogens is 1. The lowest BCUT2D eigenvalue weighted by Gasteiger charge is -2.22. The van der Waals surface area contributed by atoms with Gasteiger partial charge in [0.05, 0.1) is 12.8 Å². The molecule has 180 valence electrons. The fraction of sp³-hybridized carbons (Fsp3) is 0.267. The maximum absolute atomic E-state index is 13.6. The number of aryl methyl sites for hydroxylation is 5. The molecule has 0 atom stereocenters. The molecule has 0 bridgehead atoms. The Morgan fingerprint density at radius 1 is 0.857 bits per heavy atom. The van der Waals surface area contributed by atoms with Crippen LogP contribution in [0.15, 0.2) is 59.4 Å². The molecule has 0 saturated heterocycles. The van der Waals surface area contributed by atoms with Crippen LogP contribution in [0, 0.1) is 41.5 Å². The van der Waals surface area contributed by atoms with E-state index in [2.05, 4.69) is 63.5 Å². The third kappa shape index (κ3) is 4.12. The summed E-state index contributed by atoms with van der Waals surface area (Å²) in [4.78, 5) is 28.0. The Kier molecular flexibility index (Phi) is 6.28. The van der Waals surface area contributed by atoms with Gasteiger partial charge in [0.2, 0.25) is 5.78 Å². The van der Waals surface area contributed by atoms with Crippen LogP contribution in [0.3, 0.4) is 0 Å². The van der Waals surface area contributed by atoms with Gasteiger partial charge in [-0.15, -0.1) is 0 Å². The number of anilines is 1. The van der Waals surface area contributed by atoms with E-state index in [0.29, 0.717) is 11.4 Å². The number of nitrogens with zero attached hydrogens (tertiary/aromatic N) is 2. The van der Waals surface area contributed by atoms with Crippen molar-refractivity contribution in [1.29, 1.82) is 0 Å². The van der Waals surface area contributed by atoms with Gasteiger partial charge in [0.25, 0.3) is 0 Å². The van der Waals surface area contributed by atoms with Crippen LogP contribution in [0.4, 0.5) is 5.69 Å². The zero-order valence-corrected chi connectivity index (χ0v) is 21.7. The molecule has 2 aromatic carbocycles. The van der Waals surface area contributed by atoms with Crippen LogP contribution in [-0.2, 0) is 14.3 Å². The lowest BCUT2D eigenvalue weighted by Crippen LogP contribution is -2.18. The predicted molar refractivity (Wildman–Crippen MR) is 141 cm³/mol. The normalized spacial score (nSPS) is 14.9. The molecule has 1 aliphatic rings. The number of esters is 1. The standard InChI is InChI=1S/C30H32N2O3/c1-17-9-10-19(3)26(13-17)31-21(5)15-24(22(31)6)16-27-29(33)28(30(34)35-8)23(7)32(27)25-12-11-18(2)20(4)14-25/h9-16H,1-8H3. The van der Waals surface area contributed by atoms with Crippen molar-refractivity contribution in [2.24, 2.45) is 0 Å². The molecule has 1 aromatic heterocycles. The minimum atomic E-state index is -0.620. The Balaban J connectivity index is 1.90. The van der Waals surface area contributed by atoms with Crippen molar-refractivity contribution in [3.8, 4) is 5.69 Å². The summed E-state index contributed by atoms with van der Waals surface area (Å²) < 4.78 is 7.17. The van der Waals surface area contributed by atoms with Gasteiger partial charge in [-0.25, -0.2) is 4.79 Å². The fourth-order valence-corrected chi connectivity index (χ4v) is 4.77. The van der Waals surface area contributed by atoms with E-state index in [1.165, 1.54) is 18.2 Å². The minimum absolute atomic E-state index is 0.0697. The summed E-state index contributed by atoms with van der Waals surface area (Å²) >= 11 is 0. The first-order valence-electron chi connectivity index (χ1n) is 11.7. The van der Waals surface area contributed by atoms with E-state index in [0.717, 1.165) is 39.5 Å². The first-order valence-corrected chi connectivity index (χ1v) is 11.7. The van der Waals surface area contributed by atoms with Crippen molar-refractivity contribution in [3.05, 3.63) is 98.6 Å². The molecule has 5 heteroatoms. The van der Waals surface area contributed by atoms with E-state index >= 15 is 0 Å². The van der Waals surface area contributed by atoms with Crippen LogP contribution < -0.4 is 4.90 Å². The van der Waals surface area contributed by atoms with Gasteiger partial charge < -0.3 is 14.2 Å². The predicted octanol–water partition coefficient (Wildman–Crippen LogP) is 6.21. The third-order valence-corrected chi connectivity index (χ3v) is 6.90. The monoisotopic (exact) mass is 468 g/mol. The quantitative estimate of drug-likeness (QED) is 0.260. The van der Waals surface area contributed by atoms with E-state index in [9.17, 15) is 9.59 Å². The summed E-state index contributed by atoms with van der Waals surface area (Å²) in [5, 5.41) is 0. The molecule has 0 aliphatic carbocycles. The molecule has 0 fully saturated rings. The first kappa shape index (κ1) is 24.3. The summed E-state index contributed by atoms with van der Waals surface area (Å²) in [6.45, 7) is 14.2. The van der Waals surface area contributed by atoms with Gasteiger partial charge in [-0.3, -0.25) is 4.79 Å². The number of rotatable bonds is 4.